The van der Waals surface area contributed by atoms with Crippen molar-refractivity contribution in [1.29, 1.82) is 0 Å². The van der Waals surface area contributed by atoms with E-state index in [0.29, 0.717) is 11.8 Å². The molecular weight excluding hydrogens is 396 g/mol. The van der Waals surface area contributed by atoms with Crippen molar-refractivity contribution < 1.29 is 14.6 Å². The average molecular weight is 431 g/mol. The molecule has 3 rings (SSSR count). The Labute approximate surface area is 183 Å². The molecule has 0 aliphatic heterocycles. The van der Waals surface area contributed by atoms with Crippen LogP contribution in [0.3, 0.4) is 0 Å². The number of carbonyl (C=O) groups is 1. The molecule has 1 aliphatic rings. The normalized spacial score (nSPS) is 18.5. The smallest absolute Gasteiger partial charge is 0.337 e. The molecule has 0 saturated carbocycles. The molecule has 1 N–H and O–H groups in total. The summed E-state index contributed by atoms with van der Waals surface area (Å²) in [5, 5.41) is 14.4. The second kappa shape index (κ2) is 8.67. The lowest BCUT2D eigenvalue weighted by atomic mass is 9.79. The van der Waals surface area contributed by atoms with E-state index in [0.717, 1.165) is 45.7 Å². The van der Waals surface area contributed by atoms with Crippen molar-refractivity contribution in [3.8, 4) is 10.4 Å². The number of thiophene rings is 1. The Kier molecular flexibility index (Phi) is 6.58. The van der Waals surface area contributed by atoms with E-state index in [1.165, 1.54) is 5.57 Å². The molecule has 164 valence electrons. The van der Waals surface area contributed by atoms with Crippen molar-refractivity contribution in [2.75, 3.05) is 0 Å². The van der Waals surface area contributed by atoms with Crippen LogP contribution < -0.4 is 0 Å². The van der Waals surface area contributed by atoms with Crippen LogP contribution in [0.15, 0.2) is 18.5 Å². The van der Waals surface area contributed by atoms with Gasteiger partial charge in [-0.2, -0.15) is 5.10 Å². The van der Waals surface area contributed by atoms with E-state index in [9.17, 15) is 9.90 Å². The maximum atomic E-state index is 12.3. The predicted molar refractivity (Wildman–Crippen MR) is 123 cm³/mol. The fourth-order valence-corrected chi connectivity index (χ4v) is 5.40. The number of allylic oxidation sites excluding steroid dienone is 2. The molecule has 30 heavy (non-hydrogen) atoms. The van der Waals surface area contributed by atoms with Gasteiger partial charge in [0.05, 0.1) is 11.8 Å². The number of carboxylic acid groups (broad SMARTS) is 1. The number of ether oxygens (including phenoxy) is 1. The second-order valence-corrected chi connectivity index (χ2v) is 10.9. The summed E-state index contributed by atoms with van der Waals surface area (Å²) < 4.78 is 7.86. The van der Waals surface area contributed by atoms with Gasteiger partial charge in [0.1, 0.15) is 0 Å². The summed E-state index contributed by atoms with van der Waals surface area (Å²) in [5.41, 5.74) is 3.56. The van der Waals surface area contributed by atoms with Crippen LogP contribution in [0, 0.1) is 18.8 Å². The summed E-state index contributed by atoms with van der Waals surface area (Å²) in [6, 6.07) is 0. The maximum absolute atomic E-state index is 12.3. The fourth-order valence-electron chi connectivity index (χ4n) is 4.21. The van der Waals surface area contributed by atoms with E-state index in [-0.39, 0.29) is 0 Å². The van der Waals surface area contributed by atoms with Gasteiger partial charge in [-0.05, 0) is 64.4 Å². The molecule has 2 heterocycles. The quantitative estimate of drug-likeness (QED) is 0.589. The zero-order chi connectivity index (χ0) is 22.2. The lowest BCUT2D eigenvalue weighted by Gasteiger charge is -2.28. The largest absolute Gasteiger partial charge is 0.479 e. The van der Waals surface area contributed by atoms with Crippen LogP contribution in [0.25, 0.3) is 16.0 Å². The Morgan fingerprint density at radius 3 is 2.53 bits per heavy atom. The summed E-state index contributed by atoms with van der Waals surface area (Å²) >= 11 is 1.64. The third kappa shape index (κ3) is 4.86. The number of hydrogen-bond donors (Lipinski definition) is 1. The Hall–Kier alpha value is -1.92. The summed E-state index contributed by atoms with van der Waals surface area (Å²) in [4.78, 5) is 14.4. The molecule has 0 amide bonds. The Bertz CT molecular complexity index is 946. The van der Waals surface area contributed by atoms with E-state index >= 15 is 0 Å². The van der Waals surface area contributed by atoms with Crippen LogP contribution in [-0.2, 0) is 16.6 Å². The van der Waals surface area contributed by atoms with Crippen molar-refractivity contribution in [2.45, 2.75) is 72.5 Å². The summed E-state index contributed by atoms with van der Waals surface area (Å²) in [5.74, 6) is 0.390. The Morgan fingerprint density at radius 1 is 1.37 bits per heavy atom. The van der Waals surface area contributed by atoms with Crippen molar-refractivity contribution in [3.05, 3.63) is 34.5 Å². The third-order valence-corrected chi connectivity index (χ3v) is 6.94. The minimum absolute atomic E-state index is 0.563. The van der Waals surface area contributed by atoms with E-state index in [4.69, 9.17) is 4.74 Å². The SMILES string of the molecule is Cc1sc(-c2cnn(C)c2)c(C2=CCC(C(C)C)CC2)c1C(OC(C)(C)C)C(=O)O. The van der Waals surface area contributed by atoms with Crippen LogP contribution in [0.2, 0.25) is 0 Å². The number of carboxylic acids is 1. The lowest BCUT2D eigenvalue weighted by molar-refractivity contribution is -0.160. The maximum Gasteiger partial charge on any atom is 0.337 e. The van der Waals surface area contributed by atoms with Crippen LogP contribution in [0.1, 0.15) is 76.0 Å². The highest BCUT2D eigenvalue weighted by Gasteiger charge is 2.35. The van der Waals surface area contributed by atoms with Gasteiger partial charge in [0.2, 0.25) is 0 Å². The molecule has 0 bridgehead atoms. The lowest BCUT2D eigenvalue weighted by Crippen LogP contribution is -2.28. The highest BCUT2D eigenvalue weighted by Crippen LogP contribution is 2.47. The highest BCUT2D eigenvalue weighted by molar-refractivity contribution is 7.16. The summed E-state index contributed by atoms with van der Waals surface area (Å²) in [6.07, 6.45) is 8.31. The minimum atomic E-state index is -0.995. The zero-order valence-corrected chi connectivity index (χ0v) is 20.0. The average Bonchev–Trinajstić information content (AvgIpc) is 3.22. The molecule has 2 aromatic rings. The van der Waals surface area contributed by atoms with Crippen LogP contribution >= 0.6 is 11.3 Å². The second-order valence-electron chi connectivity index (χ2n) is 9.64. The number of aliphatic carboxylic acids is 1. The zero-order valence-electron chi connectivity index (χ0n) is 19.2. The van der Waals surface area contributed by atoms with Gasteiger partial charge in [0.15, 0.2) is 6.10 Å². The van der Waals surface area contributed by atoms with E-state index in [1.807, 2.05) is 47.1 Å². The van der Waals surface area contributed by atoms with Gasteiger partial charge in [-0.3, -0.25) is 4.68 Å². The number of aryl methyl sites for hydroxylation is 2. The first-order valence-electron chi connectivity index (χ1n) is 10.7. The number of aromatic nitrogens is 2. The topological polar surface area (TPSA) is 64.4 Å². The number of nitrogens with zero attached hydrogens (tertiary/aromatic N) is 2. The van der Waals surface area contributed by atoms with E-state index < -0.39 is 17.7 Å². The first-order valence-corrected chi connectivity index (χ1v) is 11.5. The molecule has 2 atom stereocenters. The third-order valence-electron chi connectivity index (χ3n) is 5.77. The molecule has 0 aromatic carbocycles. The summed E-state index contributed by atoms with van der Waals surface area (Å²) in [6.45, 7) is 12.3. The van der Waals surface area contributed by atoms with Gasteiger partial charge in [-0.15, -0.1) is 11.3 Å². The van der Waals surface area contributed by atoms with Crippen LogP contribution in [0.5, 0.6) is 0 Å². The van der Waals surface area contributed by atoms with Gasteiger partial charge in [0, 0.05) is 39.7 Å². The molecule has 6 heteroatoms. The molecule has 0 fully saturated rings. The predicted octanol–water partition coefficient (Wildman–Crippen LogP) is 6.24. The van der Waals surface area contributed by atoms with Gasteiger partial charge < -0.3 is 9.84 Å². The van der Waals surface area contributed by atoms with Crippen molar-refractivity contribution in [1.82, 2.24) is 9.78 Å². The number of hydrogen-bond acceptors (Lipinski definition) is 4. The fraction of sp³-hybridized carbons (Fsp3) is 0.583. The van der Waals surface area contributed by atoms with Crippen LogP contribution in [-0.4, -0.2) is 26.5 Å². The van der Waals surface area contributed by atoms with Gasteiger partial charge >= 0.3 is 5.97 Å². The Balaban J connectivity index is 2.17. The van der Waals surface area contributed by atoms with Crippen molar-refractivity contribution in [2.24, 2.45) is 18.9 Å². The summed E-state index contributed by atoms with van der Waals surface area (Å²) in [7, 11) is 1.90. The first kappa shape index (κ1) is 22.8. The Morgan fingerprint density at radius 2 is 2.07 bits per heavy atom. The van der Waals surface area contributed by atoms with Gasteiger partial charge in [0.25, 0.3) is 0 Å². The number of rotatable bonds is 6. The van der Waals surface area contributed by atoms with Crippen molar-refractivity contribution in [3.63, 3.8) is 0 Å². The van der Waals surface area contributed by atoms with Gasteiger partial charge in [-0.25, -0.2) is 4.79 Å². The monoisotopic (exact) mass is 430 g/mol. The molecule has 5 nitrogen and oxygen atoms in total. The first-order chi connectivity index (χ1) is 14.0. The van der Waals surface area contributed by atoms with E-state index in [2.05, 4.69) is 25.0 Å². The molecule has 2 unspecified atom stereocenters. The molecule has 0 radical (unpaired) electrons. The van der Waals surface area contributed by atoms with Gasteiger partial charge in [-0.1, -0.05) is 19.9 Å². The molecule has 0 spiro atoms. The van der Waals surface area contributed by atoms with Crippen LogP contribution in [0.4, 0.5) is 0 Å². The molecular formula is C24H34N2O3S. The highest BCUT2D eigenvalue weighted by atomic mass is 32.1. The molecule has 2 aromatic heterocycles. The van der Waals surface area contributed by atoms with Crippen molar-refractivity contribution >= 4 is 22.9 Å². The van der Waals surface area contributed by atoms with E-state index in [1.54, 1.807) is 16.0 Å². The minimum Gasteiger partial charge on any atom is -0.479 e. The molecule has 0 saturated heterocycles. The molecule has 1 aliphatic carbocycles. The standard InChI is InChI=1S/C24H34N2O3S/c1-14(2)16-8-10-17(11-9-16)20-19(21(23(27)28)29-24(4,5)6)15(3)30-22(20)18-12-25-26(7)13-18/h10,12-14,16,21H,8-9,11H2,1-7H3,(H,27,28).